The normalized spacial score (nSPS) is 20.2. The molecule has 8 heteroatoms. The Morgan fingerprint density at radius 2 is 2.11 bits per heavy atom. The summed E-state index contributed by atoms with van der Waals surface area (Å²) in [6.07, 6.45) is -0.0619. The highest BCUT2D eigenvalue weighted by molar-refractivity contribution is 7.89. The van der Waals surface area contributed by atoms with Gasteiger partial charge in [-0.1, -0.05) is 0 Å². The number of sulfonamides is 1. The average molecular weight is 287 g/mol. The van der Waals surface area contributed by atoms with Crippen LogP contribution in [0.3, 0.4) is 0 Å². The topological polar surface area (TPSA) is 117 Å². The van der Waals surface area contributed by atoms with Gasteiger partial charge >= 0.3 is 0 Å². The maximum absolute atomic E-state index is 11.3. The van der Waals surface area contributed by atoms with Gasteiger partial charge in [0.1, 0.15) is 0 Å². The molecule has 5 N–H and O–H groups in total. The van der Waals surface area contributed by atoms with Gasteiger partial charge in [0.15, 0.2) is 0 Å². The molecule has 106 valence electrons. The Balaban J connectivity index is 2.05. The smallest absolute Gasteiger partial charge is 0.238 e. The number of benzene rings is 1. The quantitative estimate of drug-likeness (QED) is 0.657. The van der Waals surface area contributed by atoms with E-state index in [1.165, 1.54) is 12.1 Å². The van der Waals surface area contributed by atoms with Crippen LogP contribution in [0.2, 0.25) is 0 Å². The minimum Gasteiger partial charge on any atom is -0.399 e. The molecule has 1 saturated heterocycles. The van der Waals surface area contributed by atoms with Crippen LogP contribution in [0.15, 0.2) is 23.1 Å². The second kappa shape index (κ2) is 5.74. The van der Waals surface area contributed by atoms with E-state index in [-0.39, 0.29) is 11.0 Å². The maximum Gasteiger partial charge on any atom is 0.238 e. The molecular weight excluding hydrogens is 270 g/mol. The SMILES string of the molecule is Nc1cc(NCC2COCCO2)cc(S(N)(=O)=O)c1. The third-order valence-electron chi connectivity index (χ3n) is 2.68. The third kappa shape index (κ3) is 4.06. The molecule has 1 heterocycles. The molecule has 1 atom stereocenters. The maximum atomic E-state index is 11.3. The van der Waals surface area contributed by atoms with Crippen molar-refractivity contribution in [2.24, 2.45) is 5.14 Å². The van der Waals surface area contributed by atoms with Crippen molar-refractivity contribution in [2.75, 3.05) is 37.4 Å². The van der Waals surface area contributed by atoms with Gasteiger partial charge in [0, 0.05) is 17.9 Å². The van der Waals surface area contributed by atoms with Gasteiger partial charge in [-0.3, -0.25) is 0 Å². The van der Waals surface area contributed by atoms with Gasteiger partial charge in [-0.25, -0.2) is 13.6 Å². The number of hydrogen-bond acceptors (Lipinski definition) is 6. The van der Waals surface area contributed by atoms with E-state index >= 15 is 0 Å². The van der Waals surface area contributed by atoms with Crippen LogP contribution in [-0.4, -0.2) is 40.9 Å². The number of rotatable bonds is 4. The number of nitrogen functional groups attached to an aromatic ring is 1. The van der Waals surface area contributed by atoms with E-state index in [1.54, 1.807) is 6.07 Å². The van der Waals surface area contributed by atoms with Crippen molar-refractivity contribution in [1.29, 1.82) is 0 Å². The second-order valence-corrected chi connectivity index (χ2v) is 5.85. The molecule has 0 radical (unpaired) electrons. The lowest BCUT2D eigenvalue weighted by molar-refractivity contribution is -0.0818. The zero-order valence-electron chi connectivity index (χ0n) is 10.3. The predicted molar refractivity (Wildman–Crippen MR) is 71.3 cm³/mol. The fourth-order valence-corrected chi connectivity index (χ4v) is 2.37. The van der Waals surface area contributed by atoms with Gasteiger partial charge in [0.05, 0.1) is 30.8 Å². The van der Waals surface area contributed by atoms with Crippen LogP contribution < -0.4 is 16.2 Å². The van der Waals surface area contributed by atoms with E-state index in [1.807, 2.05) is 0 Å². The highest BCUT2D eigenvalue weighted by Crippen LogP contribution is 2.19. The standard InChI is InChI=1S/C11H17N3O4S/c12-8-3-9(5-11(4-8)19(13,15)16)14-6-10-7-17-1-2-18-10/h3-5,10,14H,1-2,6-7,12H2,(H2,13,15,16). The second-order valence-electron chi connectivity index (χ2n) is 4.28. The third-order valence-corrected chi connectivity index (χ3v) is 3.57. The van der Waals surface area contributed by atoms with Crippen LogP contribution >= 0.6 is 0 Å². The molecule has 2 rings (SSSR count). The Bertz CT molecular complexity index is 541. The first-order valence-corrected chi connectivity index (χ1v) is 7.36. The van der Waals surface area contributed by atoms with Crippen molar-refractivity contribution in [3.63, 3.8) is 0 Å². The summed E-state index contributed by atoms with van der Waals surface area (Å²) in [7, 11) is -3.77. The van der Waals surface area contributed by atoms with Gasteiger partial charge in [-0.15, -0.1) is 0 Å². The van der Waals surface area contributed by atoms with Crippen molar-refractivity contribution in [3.05, 3.63) is 18.2 Å². The van der Waals surface area contributed by atoms with Crippen LogP contribution in [0.1, 0.15) is 0 Å². The summed E-state index contributed by atoms with van der Waals surface area (Å²) in [5, 5.41) is 8.14. The minimum absolute atomic E-state index is 0.0178. The van der Waals surface area contributed by atoms with Crippen molar-refractivity contribution in [1.82, 2.24) is 0 Å². The number of nitrogens with two attached hydrogens (primary N) is 2. The summed E-state index contributed by atoms with van der Waals surface area (Å²) in [5.74, 6) is 0. The minimum atomic E-state index is -3.77. The Hall–Kier alpha value is -1.35. The van der Waals surface area contributed by atoms with E-state index in [0.717, 1.165) is 0 Å². The highest BCUT2D eigenvalue weighted by atomic mass is 32.2. The number of hydrogen-bond donors (Lipinski definition) is 3. The zero-order chi connectivity index (χ0) is 13.9. The van der Waals surface area contributed by atoms with Gasteiger partial charge in [-0.2, -0.15) is 0 Å². The first-order valence-electron chi connectivity index (χ1n) is 5.82. The average Bonchev–Trinajstić information content (AvgIpc) is 2.36. The van der Waals surface area contributed by atoms with Gasteiger partial charge in [0.2, 0.25) is 10.0 Å². The lowest BCUT2D eigenvalue weighted by atomic mass is 10.2. The molecular formula is C11H17N3O4S. The molecule has 0 bridgehead atoms. The molecule has 0 aliphatic carbocycles. The molecule has 1 aliphatic rings. The summed E-state index contributed by atoms with van der Waals surface area (Å²) in [4.78, 5) is -0.0178. The predicted octanol–water partition coefficient (Wildman–Crippen LogP) is -0.256. The van der Waals surface area contributed by atoms with Gasteiger partial charge < -0.3 is 20.5 Å². The van der Waals surface area contributed by atoms with E-state index in [0.29, 0.717) is 37.7 Å². The van der Waals surface area contributed by atoms with Crippen molar-refractivity contribution < 1.29 is 17.9 Å². The van der Waals surface area contributed by atoms with E-state index < -0.39 is 10.0 Å². The number of primary sulfonamides is 1. The fourth-order valence-electron chi connectivity index (χ4n) is 1.77. The summed E-state index contributed by atoms with van der Waals surface area (Å²) >= 11 is 0. The van der Waals surface area contributed by atoms with Crippen molar-refractivity contribution >= 4 is 21.4 Å². The van der Waals surface area contributed by atoms with E-state index in [2.05, 4.69) is 5.32 Å². The van der Waals surface area contributed by atoms with Crippen LogP contribution in [0.4, 0.5) is 11.4 Å². The molecule has 1 aromatic rings. The molecule has 0 saturated carbocycles. The Morgan fingerprint density at radius 3 is 2.74 bits per heavy atom. The van der Waals surface area contributed by atoms with E-state index in [9.17, 15) is 8.42 Å². The molecule has 19 heavy (non-hydrogen) atoms. The summed E-state index contributed by atoms with van der Waals surface area (Å²) in [5.41, 5.74) is 6.56. The van der Waals surface area contributed by atoms with Crippen molar-refractivity contribution in [3.8, 4) is 0 Å². The Labute approximate surface area is 111 Å². The lowest BCUT2D eigenvalue weighted by Gasteiger charge is -2.23. The van der Waals surface area contributed by atoms with Crippen LogP contribution in [0.5, 0.6) is 0 Å². The molecule has 1 aliphatic heterocycles. The van der Waals surface area contributed by atoms with Crippen molar-refractivity contribution in [2.45, 2.75) is 11.0 Å². The van der Waals surface area contributed by atoms with Crippen LogP contribution in [-0.2, 0) is 19.5 Å². The molecule has 0 amide bonds. The molecule has 7 nitrogen and oxygen atoms in total. The number of anilines is 2. The summed E-state index contributed by atoms with van der Waals surface area (Å²) in [6, 6.07) is 4.40. The summed E-state index contributed by atoms with van der Waals surface area (Å²) < 4.78 is 33.3. The molecule has 0 aromatic heterocycles. The Morgan fingerprint density at radius 1 is 1.32 bits per heavy atom. The zero-order valence-corrected chi connectivity index (χ0v) is 11.2. The fraction of sp³-hybridized carbons (Fsp3) is 0.455. The Kier molecular flexibility index (Phi) is 4.25. The number of nitrogens with one attached hydrogen (secondary N) is 1. The lowest BCUT2D eigenvalue weighted by Crippen LogP contribution is -2.34. The first kappa shape index (κ1) is 14.1. The van der Waals surface area contributed by atoms with Gasteiger partial charge in [-0.05, 0) is 18.2 Å². The van der Waals surface area contributed by atoms with Crippen LogP contribution in [0.25, 0.3) is 0 Å². The summed E-state index contributed by atoms with van der Waals surface area (Å²) in [6.45, 7) is 2.18. The largest absolute Gasteiger partial charge is 0.399 e. The highest BCUT2D eigenvalue weighted by Gasteiger charge is 2.15. The first-order chi connectivity index (χ1) is 8.95. The monoisotopic (exact) mass is 287 g/mol. The van der Waals surface area contributed by atoms with Crippen LogP contribution in [0, 0.1) is 0 Å². The molecule has 1 fully saturated rings. The molecule has 1 aromatic carbocycles. The molecule has 1 unspecified atom stereocenters. The molecule has 0 spiro atoms. The van der Waals surface area contributed by atoms with E-state index in [4.69, 9.17) is 20.3 Å². The van der Waals surface area contributed by atoms with Gasteiger partial charge in [0.25, 0.3) is 0 Å². The number of ether oxygens (including phenoxy) is 2.